The number of halogens is 2. The topological polar surface area (TPSA) is 61.3 Å². The zero-order valence-corrected chi connectivity index (χ0v) is 11.9. The summed E-state index contributed by atoms with van der Waals surface area (Å²) < 4.78 is 10.5. The Morgan fingerprint density at radius 3 is 2.84 bits per heavy atom. The van der Waals surface area contributed by atoms with Crippen molar-refractivity contribution >= 4 is 23.2 Å². The van der Waals surface area contributed by atoms with Crippen LogP contribution in [-0.4, -0.2) is 11.2 Å². The molecule has 2 rings (SSSR count). The van der Waals surface area contributed by atoms with Crippen LogP contribution in [0, 0.1) is 0 Å². The SMILES string of the molecule is CC(N)Cc1cc(Cl)cc(Cl)c1OCc1cnoc1. The largest absolute Gasteiger partial charge is 0.487 e. The van der Waals surface area contributed by atoms with E-state index in [9.17, 15) is 0 Å². The second-order valence-electron chi connectivity index (χ2n) is 4.38. The van der Waals surface area contributed by atoms with Gasteiger partial charge in [-0.2, -0.15) is 0 Å². The summed E-state index contributed by atoms with van der Waals surface area (Å²) in [6.07, 6.45) is 3.75. The zero-order valence-electron chi connectivity index (χ0n) is 10.4. The summed E-state index contributed by atoms with van der Waals surface area (Å²) in [5.74, 6) is 0.601. The third-order valence-corrected chi connectivity index (χ3v) is 2.99. The Morgan fingerprint density at radius 1 is 1.42 bits per heavy atom. The minimum absolute atomic E-state index is 0.00697. The summed E-state index contributed by atoms with van der Waals surface area (Å²) in [6.45, 7) is 2.25. The van der Waals surface area contributed by atoms with E-state index >= 15 is 0 Å². The van der Waals surface area contributed by atoms with Gasteiger partial charge in [-0.15, -0.1) is 0 Å². The van der Waals surface area contributed by atoms with Crippen LogP contribution in [-0.2, 0) is 13.0 Å². The molecule has 1 aromatic heterocycles. The molecule has 0 spiro atoms. The van der Waals surface area contributed by atoms with Crippen LogP contribution >= 0.6 is 23.2 Å². The Kier molecular flexibility index (Phi) is 4.69. The third kappa shape index (κ3) is 3.86. The molecular weight excluding hydrogens is 287 g/mol. The molecule has 0 radical (unpaired) electrons. The van der Waals surface area contributed by atoms with Gasteiger partial charge in [0.2, 0.25) is 0 Å². The zero-order chi connectivity index (χ0) is 13.8. The summed E-state index contributed by atoms with van der Waals surface area (Å²) in [7, 11) is 0. The molecule has 102 valence electrons. The standard InChI is InChI=1S/C13H14Cl2N2O2/c1-8(16)2-10-3-11(14)4-12(15)13(10)18-6-9-5-17-19-7-9/h3-5,7-8H,2,6,16H2,1H3. The van der Waals surface area contributed by atoms with Crippen molar-refractivity contribution in [2.45, 2.75) is 26.0 Å². The predicted octanol–water partition coefficient (Wildman–Crippen LogP) is 3.45. The van der Waals surface area contributed by atoms with Crippen molar-refractivity contribution in [1.29, 1.82) is 0 Å². The lowest BCUT2D eigenvalue weighted by Crippen LogP contribution is -2.18. The highest BCUT2D eigenvalue weighted by molar-refractivity contribution is 6.35. The Hall–Kier alpha value is -1.23. The molecule has 2 N–H and O–H groups in total. The van der Waals surface area contributed by atoms with Crippen molar-refractivity contribution < 1.29 is 9.26 Å². The van der Waals surface area contributed by atoms with E-state index in [0.29, 0.717) is 28.8 Å². The van der Waals surface area contributed by atoms with Crippen LogP contribution in [0.5, 0.6) is 5.75 Å². The molecule has 1 aromatic carbocycles. The molecule has 0 aliphatic rings. The van der Waals surface area contributed by atoms with Crippen molar-refractivity contribution in [2.24, 2.45) is 5.73 Å². The minimum atomic E-state index is -0.00697. The quantitative estimate of drug-likeness (QED) is 0.919. The first-order valence-corrected chi connectivity index (χ1v) is 6.56. The number of hydrogen-bond acceptors (Lipinski definition) is 4. The molecule has 0 saturated heterocycles. The van der Waals surface area contributed by atoms with Gasteiger partial charge in [0.05, 0.1) is 11.2 Å². The van der Waals surface area contributed by atoms with Crippen LogP contribution in [0.4, 0.5) is 0 Å². The number of rotatable bonds is 5. The van der Waals surface area contributed by atoms with Crippen LogP contribution in [0.15, 0.2) is 29.1 Å². The second-order valence-corrected chi connectivity index (χ2v) is 5.22. The van der Waals surface area contributed by atoms with Gasteiger partial charge in [0.1, 0.15) is 18.6 Å². The van der Waals surface area contributed by atoms with E-state index in [1.807, 2.05) is 13.0 Å². The number of ether oxygens (including phenoxy) is 1. The first-order valence-electron chi connectivity index (χ1n) is 5.81. The van der Waals surface area contributed by atoms with Gasteiger partial charge in [0.25, 0.3) is 0 Å². The summed E-state index contributed by atoms with van der Waals surface area (Å²) >= 11 is 12.2. The van der Waals surface area contributed by atoms with Crippen LogP contribution < -0.4 is 10.5 Å². The molecular formula is C13H14Cl2N2O2. The average molecular weight is 301 g/mol. The molecule has 4 nitrogen and oxygen atoms in total. The van der Waals surface area contributed by atoms with Gasteiger partial charge in [0.15, 0.2) is 0 Å². The van der Waals surface area contributed by atoms with Crippen molar-refractivity contribution in [1.82, 2.24) is 5.16 Å². The van der Waals surface area contributed by atoms with Gasteiger partial charge in [-0.3, -0.25) is 0 Å². The molecule has 0 aliphatic heterocycles. The van der Waals surface area contributed by atoms with E-state index in [4.69, 9.17) is 38.2 Å². The summed E-state index contributed by atoms with van der Waals surface area (Å²) in [6, 6.07) is 3.46. The van der Waals surface area contributed by atoms with E-state index in [1.54, 1.807) is 12.3 Å². The summed E-state index contributed by atoms with van der Waals surface area (Å²) in [5.41, 5.74) is 7.54. The number of nitrogens with two attached hydrogens (primary N) is 1. The normalized spacial score (nSPS) is 12.4. The third-order valence-electron chi connectivity index (χ3n) is 2.49. The van der Waals surface area contributed by atoms with Crippen LogP contribution in [0.3, 0.4) is 0 Å². The van der Waals surface area contributed by atoms with Gasteiger partial charge >= 0.3 is 0 Å². The van der Waals surface area contributed by atoms with E-state index in [2.05, 4.69) is 5.16 Å². The summed E-state index contributed by atoms with van der Waals surface area (Å²) in [5, 5.41) is 4.65. The number of hydrogen-bond donors (Lipinski definition) is 1. The fraction of sp³-hybridized carbons (Fsp3) is 0.308. The molecule has 1 unspecified atom stereocenters. The molecule has 0 saturated carbocycles. The van der Waals surface area contributed by atoms with Crippen molar-refractivity contribution in [3.05, 3.63) is 45.8 Å². The maximum absolute atomic E-state index is 6.17. The van der Waals surface area contributed by atoms with Gasteiger partial charge in [0, 0.05) is 16.6 Å². The average Bonchev–Trinajstić information content (AvgIpc) is 2.79. The monoisotopic (exact) mass is 300 g/mol. The molecule has 1 heterocycles. The second kappa shape index (κ2) is 6.28. The van der Waals surface area contributed by atoms with Crippen molar-refractivity contribution in [3.63, 3.8) is 0 Å². The lowest BCUT2D eigenvalue weighted by molar-refractivity contribution is 0.301. The van der Waals surface area contributed by atoms with Crippen LogP contribution in [0.2, 0.25) is 10.0 Å². The van der Waals surface area contributed by atoms with Crippen LogP contribution in [0.25, 0.3) is 0 Å². The van der Waals surface area contributed by atoms with E-state index < -0.39 is 0 Å². The number of aromatic nitrogens is 1. The van der Waals surface area contributed by atoms with Gasteiger partial charge in [-0.1, -0.05) is 28.4 Å². The smallest absolute Gasteiger partial charge is 0.141 e. The molecule has 1 atom stereocenters. The Balaban J connectivity index is 2.21. The van der Waals surface area contributed by atoms with Crippen LogP contribution in [0.1, 0.15) is 18.1 Å². The highest BCUT2D eigenvalue weighted by atomic mass is 35.5. The molecule has 0 aliphatic carbocycles. The molecule has 0 amide bonds. The maximum atomic E-state index is 6.17. The van der Waals surface area contributed by atoms with Crippen molar-refractivity contribution in [3.8, 4) is 5.75 Å². The molecule has 19 heavy (non-hydrogen) atoms. The van der Waals surface area contributed by atoms with E-state index in [-0.39, 0.29) is 6.04 Å². The van der Waals surface area contributed by atoms with Gasteiger partial charge < -0.3 is 15.0 Å². The maximum Gasteiger partial charge on any atom is 0.141 e. The molecule has 6 heteroatoms. The fourth-order valence-corrected chi connectivity index (χ4v) is 2.32. The fourth-order valence-electron chi connectivity index (χ4n) is 1.73. The Labute approximate surface area is 121 Å². The van der Waals surface area contributed by atoms with Gasteiger partial charge in [-0.25, -0.2) is 0 Å². The van der Waals surface area contributed by atoms with E-state index in [0.717, 1.165) is 11.1 Å². The molecule has 2 aromatic rings. The molecule has 0 bridgehead atoms. The van der Waals surface area contributed by atoms with E-state index in [1.165, 1.54) is 6.26 Å². The summed E-state index contributed by atoms with van der Waals surface area (Å²) in [4.78, 5) is 0. The highest BCUT2D eigenvalue weighted by Gasteiger charge is 2.13. The Bertz CT molecular complexity index is 542. The molecule has 0 fully saturated rings. The highest BCUT2D eigenvalue weighted by Crippen LogP contribution is 2.33. The number of nitrogens with zero attached hydrogens (tertiary/aromatic N) is 1. The minimum Gasteiger partial charge on any atom is -0.487 e. The predicted molar refractivity (Wildman–Crippen MR) is 74.7 cm³/mol. The number of benzene rings is 1. The first-order chi connectivity index (χ1) is 9.06. The lowest BCUT2D eigenvalue weighted by atomic mass is 10.1. The van der Waals surface area contributed by atoms with Gasteiger partial charge in [-0.05, 0) is 31.0 Å². The lowest BCUT2D eigenvalue weighted by Gasteiger charge is -2.14. The van der Waals surface area contributed by atoms with Crippen molar-refractivity contribution in [2.75, 3.05) is 0 Å². The Morgan fingerprint density at radius 2 is 2.21 bits per heavy atom. The first kappa shape index (κ1) is 14.2.